The number of thiazole rings is 1. The summed E-state index contributed by atoms with van der Waals surface area (Å²) in [6, 6.07) is 0. The molecule has 1 fully saturated rings. The Bertz CT molecular complexity index is 497. The van der Waals surface area contributed by atoms with Gasteiger partial charge in [-0.3, -0.25) is 4.21 Å². The van der Waals surface area contributed by atoms with E-state index in [1.165, 1.54) is 11.3 Å². The van der Waals surface area contributed by atoms with Crippen LogP contribution in [0.3, 0.4) is 0 Å². The van der Waals surface area contributed by atoms with Crippen LogP contribution in [-0.4, -0.2) is 44.6 Å². The first-order valence-electron chi connectivity index (χ1n) is 7.11. The minimum Gasteiger partial charge on any atom is -0.444 e. The van der Waals surface area contributed by atoms with Crippen LogP contribution >= 0.6 is 11.3 Å². The molecule has 21 heavy (non-hydrogen) atoms. The lowest BCUT2D eigenvalue weighted by Gasteiger charge is -2.33. The monoisotopic (exact) mass is 330 g/mol. The number of likely N-dealkylation sites (tertiary alicyclic amines) is 1. The van der Waals surface area contributed by atoms with Gasteiger partial charge in [-0.15, -0.1) is 11.3 Å². The third-order valence-corrected chi connectivity index (χ3v) is 5.84. The van der Waals surface area contributed by atoms with Gasteiger partial charge in [0, 0.05) is 30.4 Å². The van der Waals surface area contributed by atoms with Gasteiger partial charge >= 0.3 is 6.09 Å². The van der Waals surface area contributed by atoms with Crippen LogP contribution in [0, 0.1) is 5.92 Å². The van der Waals surface area contributed by atoms with E-state index in [0.717, 1.165) is 19.4 Å². The Morgan fingerprint density at radius 3 is 2.95 bits per heavy atom. The number of rotatable bonds is 3. The van der Waals surface area contributed by atoms with Crippen molar-refractivity contribution >= 4 is 28.2 Å². The third-order valence-electron chi connectivity index (χ3n) is 3.16. The quantitative estimate of drug-likeness (QED) is 0.855. The third kappa shape index (κ3) is 5.07. The zero-order chi connectivity index (χ0) is 15.5. The molecule has 0 saturated carbocycles. The molecule has 0 N–H and O–H groups in total. The Kier molecular flexibility index (Phi) is 5.37. The number of hydrogen-bond acceptors (Lipinski definition) is 5. The maximum Gasteiger partial charge on any atom is 0.410 e. The summed E-state index contributed by atoms with van der Waals surface area (Å²) in [7, 11) is -1.07. The number of piperidine rings is 1. The van der Waals surface area contributed by atoms with Crippen LogP contribution in [0.15, 0.2) is 15.9 Å². The van der Waals surface area contributed by atoms with Gasteiger partial charge in [0.05, 0.1) is 10.8 Å². The van der Waals surface area contributed by atoms with Gasteiger partial charge in [0.1, 0.15) is 5.60 Å². The number of amides is 1. The van der Waals surface area contributed by atoms with Crippen molar-refractivity contribution in [1.82, 2.24) is 9.88 Å². The van der Waals surface area contributed by atoms with Crippen LogP contribution in [0.2, 0.25) is 0 Å². The number of ether oxygens (including phenoxy) is 1. The SMILES string of the molecule is CC(C)(C)OC(=O)N1CCCC(CS(=O)c2nccs2)C1. The van der Waals surface area contributed by atoms with Crippen LogP contribution in [0.4, 0.5) is 4.79 Å². The molecule has 2 heterocycles. The van der Waals surface area contributed by atoms with E-state index in [9.17, 15) is 9.00 Å². The van der Waals surface area contributed by atoms with Gasteiger partial charge in [-0.1, -0.05) is 0 Å². The average Bonchev–Trinajstić information content (AvgIpc) is 2.91. The molecule has 1 aliphatic rings. The topological polar surface area (TPSA) is 59.5 Å². The first kappa shape index (κ1) is 16.4. The van der Waals surface area contributed by atoms with Crippen molar-refractivity contribution in [2.75, 3.05) is 18.8 Å². The summed E-state index contributed by atoms with van der Waals surface area (Å²) in [5, 5.41) is 1.83. The average molecular weight is 330 g/mol. The number of hydrogen-bond donors (Lipinski definition) is 0. The molecule has 5 nitrogen and oxygen atoms in total. The molecular formula is C14H22N2O3S2. The van der Waals surface area contributed by atoms with E-state index in [2.05, 4.69) is 4.98 Å². The summed E-state index contributed by atoms with van der Waals surface area (Å²) in [4.78, 5) is 17.9. The van der Waals surface area contributed by atoms with E-state index in [1.807, 2.05) is 26.2 Å². The van der Waals surface area contributed by atoms with Gasteiger partial charge in [0.2, 0.25) is 0 Å². The van der Waals surface area contributed by atoms with E-state index < -0.39 is 16.4 Å². The molecule has 0 aromatic carbocycles. The second-order valence-corrected chi connectivity index (χ2v) is 8.81. The standard InChI is InChI=1S/C14H22N2O3S2/c1-14(2,3)19-13(17)16-7-4-5-11(9-16)10-21(18)12-15-6-8-20-12/h6,8,11H,4-5,7,9-10H2,1-3H3. The Labute approximate surface area is 132 Å². The first-order valence-corrected chi connectivity index (χ1v) is 9.31. The van der Waals surface area contributed by atoms with E-state index in [-0.39, 0.29) is 12.0 Å². The smallest absolute Gasteiger partial charge is 0.410 e. The summed E-state index contributed by atoms with van der Waals surface area (Å²) in [6.07, 6.45) is 3.33. The second kappa shape index (κ2) is 6.87. The summed E-state index contributed by atoms with van der Waals surface area (Å²) < 4.78 is 18.3. The van der Waals surface area contributed by atoms with Gasteiger partial charge < -0.3 is 9.64 Å². The number of carbonyl (C=O) groups excluding carboxylic acids is 1. The van der Waals surface area contributed by atoms with Gasteiger partial charge in [0.15, 0.2) is 4.34 Å². The molecule has 0 bridgehead atoms. The van der Waals surface area contributed by atoms with Crippen LogP contribution < -0.4 is 0 Å². The lowest BCUT2D eigenvalue weighted by molar-refractivity contribution is 0.0176. The maximum absolute atomic E-state index is 12.2. The van der Waals surface area contributed by atoms with Crippen molar-refractivity contribution < 1.29 is 13.7 Å². The Balaban J connectivity index is 1.89. The van der Waals surface area contributed by atoms with E-state index >= 15 is 0 Å². The van der Waals surface area contributed by atoms with Crippen molar-refractivity contribution in [1.29, 1.82) is 0 Å². The molecule has 1 amide bonds. The van der Waals surface area contributed by atoms with Crippen molar-refractivity contribution in [3.05, 3.63) is 11.6 Å². The zero-order valence-electron chi connectivity index (χ0n) is 12.7. The zero-order valence-corrected chi connectivity index (χ0v) is 14.3. The highest BCUT2D eigenvalue weighted by molar-refractivity contribution is 7.87. The Morgan fingerprint density at radius 2 is 2.33 bits per heavy atom. The molecule has 0 aliphatic carbocycles. The van der Waals surface area contributed by atoms with Crippen LogP contribution in [-0.2, 0) is 15.5 Å². The lowest BCUT2D eigenvalue weighted by Crippen LogP contribution is -2.43. The second-order valence-electron chi connectivity index (χ2n) is 6.24. The van der Waals surface area contributed by atoms with Crippen LogP contribution in [0.25, 0.3) is 0 Å². The number of nitrogens with zero attached hydrogens (tertiary/aromatic N) is 2. The van der Waals surface area contributed by atoms with Crippen molar-refractivity contribution in [2.45, 2.75) is 43.6 Å². The predicted octanol–water partition coefficient (Wildman–Crippen LogP) is 2.90. The molecule has 1 aromatic heterocycles. The van der Waals surface area contributed by atoms with Gasteiger partial charge in [-0.2, -0.15) is 0 Å². The molecule has 118 valence electrons. The molecule has 1 aromatic rings. The van der Waals surface area contributed by atoms with Crippen molar-refractivity contribution in [3.8, 4) is 0 Å². The highest BCUT2D eigenvalue weighted by atomic mass is 32.2. The fourth-order valence-electron chi connectivity index (χ4n) is 2.30. The molecule has 7 heteroatoms. The minimum atomic E-state index is -1.07. The summed E-state index contributed by atoms with van der Waals surface area (Å²) in [6.45, 7) is 6.93. The van der Waals surface area contributed by atoms with Gasteiger partial charge in [0.25, 0.3) is 0 Å². The molecule has 1 aliphatic heterocycles. The summed E-state index contributed by atoms with van der Waals surface area (Å²) in [5.74, 6) is 0.809. The Morgan fingerprint density at radius 1 is 1.57 bits per heavy atom. The number of carbonyl (C=O) groups is 1. The maximum atomic E-state index is 12.2. The van der Waals surface area contributed by atoms with E-state index in [4.69, 9.17) is 4.74 Å². The molecule has 0 radical (unpaired) electrons. The first-order chi connectivity index (χ1) is 9.85. The van der Waals surface area contributed by atoms with E-state index in [1.54, 1.807) is 11.1 Å². The van der Waals surface area contributed by atoms with Gasteiger partial charge in [-0.25, -0.2) is 9.78 Å². The van der Waals surface area contributed by atoms with Gasteiger partial charge in [-0.05, 0) is 39.5 Å². The lowest BCUT2D eigenvalue weighted by atomic mass is 10.0. The molecule has 1 saturated heterocycles. The van der Waals surface area contributed by atoms with E-state index in [0.29, 0.717) is 16.6 Å². The minimum absolute atomic E-state index is 0.246. The summed E-state index contributed by atoms with van der Waals surface area (Å²) in [5.41, 5.74) is -0.478. The largest absolute Gasteiger partial charge is 0.444 e. The number of aromatic nitrogens is 1. The van der Waals surface area contributed by atoms with Crippen molar-refractivity contribution in [2.24, 2.45) is 5.92 Å². The summed E-state index contributed by atoms with van der Waals surface area (Å²) >= 11 is 1.42. The van der Waals surface area contributed by atoms with Crippen molar-refractivity contribution in [3.63, 3.8) is 0 Å². The molecule has 2 unspecified atom stereocenters. The molecule has 2 rings (SSSR count). The molecule has 2 atom stereocenters. The Hall–Kier alpha value is -0.950. The highest BCUT2D eigenvalue weighted by Gasteiger charge is 2.28. The van der Waals surface area contributed by atoms with Crippen LogP contribution in [0.5, 0.6) is 0 Å². The predicted molar refractivity (Wildman–Crippen MR) is 83.9 cm³/mol. The normalized spacial score (nSPS) is 21.1. The van der Waals surface area contributed by atoms with Crippen LogP contribution in [0.1, 0.15) is 33.6 Å². The fourth-order valence-corrected chi connectivity index (χ4v) is 4.48. The highest BCUT2D eigenvalue weighted by Crippen LogP contribution is 2.22. The molecular weight excluding hydrogens is 308 g/mol. The fraction of sp³-hybridized carbons (Fsp3) is 0.714. The molecule has 0 spiro atoms.